The average Bonchev–Trinajstić information content (AvgIpc) is 2.84. The van der Waals surface area contributed by atoms with Crippen molar-refractivity contribution in [3.63, 3.8) is 0 Å². The number of nitrogens with one attached hydrogen (secondary N) is 1. The SMILES string of the molecule is CC1CN(c2ccc(-c3nc(-c4cc5c(cc4F)C(=O)NCC5)c(N)nc3F)cc2CN(C)C)CCO1. The van der Waals surface area contributed by atoms with E-state index in [0.717, 1.165) is 24.3 Å². The Balaban J connectivity index is 1.59. The monoisotopic (exact) mass is 508 g/mol. The fourth-order valence-corrected chi connectivity index (χ4v) is 4.98. The van der Waals surface area contributed by atoms with Gasteiger partial charge in [0.05, 0.1) is 12.7 Å². The minimum atomic E-state index is -0.831. The molecule has 194 valence electrons. The molecule has 1 aromatic heterocycles. The van der Waals surface area contributed by atoms with Crippen molar-refractivity contribution >= 4 is 17.4 Å². The minimum absolute atomic E-state index is 0.0130. The summed E-state index contributed by atoms with van der Waals surface area (Å²) in [5, 5.41) is 2.70. The smallest absolute Gasteiger partial charge is 0.251 e. The number of carbonyl (C=O) groups excluding carboxylic acids is 1. The summed E-state index contributed by atoms with van der Waals surface area (Å²) in [6.07, 6.45) is 0.659. The summed E-state index contributed by atoms with van der Waals surface area (Å²) < 4.78 is 35.9. The first-order valence-corrected chi connectivity index (χ1v) is 12.3. The van der Waals surface area contributed by atoms with Crippen LogP contribution < -0.4 is 16.0 Å². The van der Waals surface area contributed by atoms with Crippen molar-refractivity contribution in [2.45, 2.75) is 26.0 Å². The van der Waals surface area contributed by atoms with Crippen molar-refractivity contribution in [1.82, 2.24) is 20.2 Å². The van der Waals surface area contributed by atoms with E-state index in [-0.39, 0.29) is 40.3 Å². The lowest BCUT2D eigenvalue weighted by Gasteiger charge is -2.34. The number of nitrogens with two attached hydrogens (primary N) is 1. The van der Waals surface area contributed by atoms with Crippen LogP contribution in [0.1, 0.15) is 28.4 Å². The van der Waals surface area contributed by atoms with Crippen LogP contribution in [0.25, 0.3) is 22.5 Å². The third kappa shape index (κ3) is 4.99. The van der Waals surface area contributed by atoms with E-state index in [9.17, 15) is 4.79 Å². The Bertz CT molecular complexity index is 1360. The number of amides is 1. The van der Waals surface area contributed by atoms with Crippen LogP contribution in [0.4, 0.5) is 20.3 Å². The molecule has 0 bridgehead atoms. The van der Waals surface area contributed by atoms with Gasteiger partial charge in [0.15, 0.2) is 5.82 Å². The van der Waals surface area contributed by atoms with Gasteiger partial charge in [-0.15, -0.1) is 0 Å². The lowest BCUT2D eigenvalue weighted by atomic mass is 9.96. The van der Waals surface area contributed by atoms with E-state index < -0.39 is 11.8 Å². The second-order valence-electron chi connectivity index (χ2n) is 9.80. The molecule has 3 N–H and O–H groups in total. The first kappa shape index (κ1) is 25.0. The van der Waals surface area contributed by atoms with Gasteiger partial charge in [-0.1, -0.05) is 6.07 Å². The number of rotatable bonds is 5. The van der Waals surface area contributed by atoms with Crippen LogP contribution in [-0.2, 0) is 17.7 Å². The van der Waals surface area contributed by atoms with E-state index in [2.05, 4.69) is 20.2 Å². The third-order valence-corrected chi connectivity index (χ3v) is 6.67. The molecule has 2 aliphatic rings. The van der Waals surface area contributed by atoms with Gasteiger partial charge in [-0.2, -0.15) is 9.37 Å². The summed E-state index contributed by atoms with van der Waals surface area (Å²) in [7, 11) is 3.94. The standard InChI is InChI=1S/C27H30F2N6O2/c1-15-13-35(8-9-37-15)22-5-4-17(10-18(22)14-34(2)3)23-25(29)33-26(30)24(32-23)20-11-16-6-7-31-27(36)19(16)12-21(20)28/h4-5,10-12,15H,6-9,13-14H2,1-3H3,(H2,30,33)(H,31,36). The molecule has 1 unspecified atom stereocenters. The molecule has 2 aliphatic heterocycles. The molecule has 37 heavy (non-hydrogen) atoms. The van der Waals surface area contributed by atoms with Gasteiger partial charge in [0, 0.05) is 48.6 Å². The zero-order chi connectivity index (χ0) is 26.3. The van der Waals surface area contributed by atoms with Crippen LogP contribution in [0.2, 0.25) is 0 Å². The highest BCUT2D eigenvalue weighted by Crippen LogP contribution is 2.34. The van der Waals surface area contributed by atoms with Crippen molar-refractivity contribution in [3.8, 4) is 22.5 Å². The zero-order valence-corrected chi connectivity index (χ0v) is 21.1. The number of carbonyl (C=O) groups is 1. The molecule has 2 aromatic carbocycles. The highest BCUT2D eigenvalue weighted by atomic mass is 19.1. The number of morpholine rings is 1. The van der Waals surface area contributed by atoms with Gasteiger partial charge in [0.25, 0.3) is 5.91 Å². The van der Waals surface area contributed by atoms with Crippen LogP contribution in [0.3, 0.4) is 0 Å². The van der Waals surface area contributed by atoms with Crippen LogP contribution in [0, 0.1) is 11.8 Å². The Morgan fingerprint density at radius 1 is 1.16 bits per heavy atom. The molecule has 1 amide bonds. The maximum Gasteiger partial charge on any atom is 0.251 e. The molecule has 8 nitrogen and oxygen atoms in total. The molecule has 3 aromatic rings. The number of benzene rings is 2. The number of anilines is 2. The molecule has 0 saturated carbocycles. The third-order valence-electron chi connectivity index (χ3n) is 6.67. The minimum Gasteiger partial charge on any atom is -0.382 e. The maximum absolute atomic E-state index is 15.1. The van der Waals surface area contributed by atoms with Crippen molar-refractivity contribution in [2.75, 3.05) is 51.0 Å². The summed E-state index contributed by atoms with van der Waals surface area (Å²) in [5.41, 5.74) is 9.68. The molecule has 5 rings (SSSR count). The number of nitrogen functional groups attached to an aromatic ring is 1. The van der Waals surface area contributed by atoms with Crippen molar-refractivity contribution in [3.05, 3.63) is 58.8 Å². The van der Waals surface area contributed by atoms with E-state index in [0.29, 0.717) is 37.2 Å². The molecule has 3 heterocycles. The fourth-order valence-electron chi connectivity index (χ4n) is 4.98. The summed E-state index contributed by atoms with van der Waals surface area (Å²) in [5.74, 6) is -2.04. The highest BCUT2D eigenvalue weighted by Gasteiger charge is 2.25. The predicted molar refractivity (Wildman–Crippen MR) is 138 cm³/mol. The number of ether oxygens (including phenoxy) is 1. The fraction of sp³-hybridized carbons (Fsp3) is 0.370. The Morgan fingerprint density at radius 2 is 1.97 bits per heavy atom. The second kappa shape index (κ2) is 10.0. The van der Waals surface area contributed by atoms with Crippen molar-refractivity contribution in [1.29, 1.82) is 0 Å². The second-order valence-corrected chi connectivity index (χ2v) is 9.80. The summed E-state index contributed by atoms with van der Waals surface area (Å²) in [6, 6.07) is 8.40. The molecule has 10 heteroatoms. The Morgan fingerprint density at radius 3 is 2.73 bits per heavy atom. The molecular formula is C27H30F2N6O2. The Labute approximate surface area is 214 Å². The first-order valence-electron chi connectivity index (χ1n) is 12.3. The largest absolute Gasteiger partial charge is 0.382 e. The number of aromatic nitrogens is 2. The topological polar surface area (TPSA) is 96.6 Å². The van der Waals surface area contributed by atoms with E-state index in [1.165, 1.54) is 6.07 Å². The summed E-state index contributed by atoms with van der Waals surface area (Å²) >= 11 is 0. The van der Waals surface area contributed by atoms with Crippen LogP contribution in [0.5, 0.6) is 0 Å². The quantitative estimate of drug-likeness (QED) is 0.546. The number of fused-ring (bicyclic) bond motifs is 1. The van der Waals surface area contributed by atoms with E-state index in [1.807, 2.05) is 38.1 Å². The molecule has 0 aliphatic carbocycles. The predicted octanol–water partition coefficient (Wildman–Crippen LogP) is 3.24. The maximum atomic E-state index is 15.1. The van der Waals surface area contributed by atoms with Gasteiger partial charge in [0.1, 0.15) is 17.2 Å². The van der Waals surface area contributed by atoms with Crippen LogP contribution in [0.15, 0.2) is 30.3 Å². The number of halogens is 2. The molecule has 1 fully saturated rings. The molecule has 0 spiro atoms. The number of hydrogen-bond acceptors (Lipinski definition) is 7. The Kier molecular flexibility index (Phi) is 6.78. The van der Waals surface area contributed by atoms with Crippen molar-refractivity contribution in [2.24, 2.45) is 0 Å². The average molecular weight is 509 g/mol. The van der Waals surface area contributed by atoms with Gasteiger partial charge in [0.2, 0.25) is 5.95 Å². The van der Waals surface area contributed by atoms with Gasteiger partial charge >= 0.3 is 0 Å². The summed E-state index contributed by atoms with van der Waals surface area (Å²) in [4.78, 5) is 24.8. The molecule has 1 atom stereocenters. The van der Waals surface area contributed by atoms with Crippen LogP contribution in [-0.4, -0.2) is 67.2 Å². The lowest BCUT2D eigenvalue weighted by Crippen LogP contribution is -2.41. The van der Waals surface area contributed by atoms with Gasteiger partial charge in [-0.3, -0.25) is 4.79 Å². The summed E-state index contributed by atoms with van der Waals surface area (Å²) in [6.45, 7) is 5.29. The normalized spacial score (nSPS) is 17.6. The number of hydrogen-bond donors (Lipinski definition) is 2. The first-order chi connectivity index (χ1) is 17.7. The van der Waals surface area contributed by atoms with Crippen molar-refractivity contribution < 1.29 is 18.3 Å². The zero-order valence-electron chi connectivity index (χ0n) is 21.1. The molecule has 1 saturated heterocycles. The van der Waals surface area contributed by atoms with Gasteiger partial charge in [-0.05, 0) is 62.8 Å². The highest BCUT2D eigenvalue weighted by molar-refractivity contribution is 5.97. The van der Waals surface area contributed by atoms with Crippen LogP contribution >= 0.6 is 0 Å². The Hall–Kier alpha value is -3.63. The van der Waals surface area contributed by atoms with E-state index in [4.69, 9.17) is 10.5 Å². The lowest BCUT2D eigenvalue weighted by molar-refractivity contribution is 0.0531. The number of nitrogens with zero attached hydrogens (tertiary/aromatic N) is 4. The van der Waals surface area contributed by atoms with Gasteiger partial charge in [-0.25, -0.2) is 9.37 Å². The molecular weight excluding hydrogens is 478 g/mol. The van der Waals surface area contributed by atoms with E-state index >= 15 is 8.78 Å². The van der Waals surface area contributed by atoms with Gasteiger partial charge < -0.3 is 25.6 Å². The molecule has 0 radical (unpaired) electrons. The van der Waals surface area contributed by atoms with E-state index in [1.54, 1.807) is 12.1 Å².